The van der Waals surface area contributed by atoms with E-state index in [0.717, 1.165) is 34.9 Å². The SMILES string of the molecule is C=C1/C=C\C=C/Cc2cc(Nc3ccc(-c4ccccc4)cc3)ccc2N1c1ccccc1. The molecule has 1 N–H and O–H groups in total. The molecule has 4 aromatic carbocycles. The molecular weight excluding hydrogens is 400 g/mol. The number of hydrogen-bond acceptors (Lipinski definition) is 2. The first-order valence-corrected chi connectivity index (χ1v) is 11.2. The van der Waals surface area contributed by atoms with Crippen LogP contribution in [0, 0.1) is 0 Å². The zero-order chi connectivity index (χ0) is 22.5. The minimum Gasteiger partial charge on any atom is -0.356 e. The van der Waals surface area contributed by atoms with Gasteiger partial charge in [-0.05, 0) is 71.7 Å². The van der Waals surface area contributed by atoms with Gasteiger partial charge in [0, 0.05) is 28.4 Å². The molecule has 33 heavy (non-hydrogen) atoms. The van der Waals surface area contributed by atoms with Gasteiger partial charge in [-0.25, -0.2) is 0 Å². The number of para-hydroxylation sites is 1. The van der Waals surface area contributed by atoms with Crippen LogP contribution in [0.4, 0.5) is 22.7 Å². The van der Waals surface area contributed by atoms with Crippen LogP contribution in [0.25, 0.3) is 11.1 Å². The molecular formula is C31H26N2. The highest BCUT2D eigenvalue weighted by Gasteiger charge is 2.16. The summed E-state index contributed by atoms with van der Waals surface area (Å²) in [6, 6.07) is 36.0. The summed E-state index contributed by atoms with van der Waals surface area (Å²) in [4.78, 5) is 2.22. The Hall–Kier alpha value is -4.30. The van der Waals surface area contributed by atoms with Crippen molar-refractivity contribution in [2.24, 2.45) is 0 Å². The molecule has 0 aliphatic carbocycles. The molecule has 2 nitrogen and oxygen atoms in total. The first-order valence-electron chi connectivity index (χ1n) is 11.2. The van der Waals surface area contributed by atoms with Crippen LogP contribution in [0.1, 0.15) is 5.56 Å². The topological polar surface area (TPSA) is 15.3 Å². The predicted octanol–water partition coefficient (Wildman–Crippen LogP) is 8.42. The van der Waals surface area contributed by atoms with E-state index in [1.54, 1.807) is 0 Å². The van der Waals surface area contributed by atoms with Crippen molar-refractivity contribution >= 4 is 22.7 Å². The smallest absolute Gasteiger partial charge is 0.0498 e. The predicted molar refractivity (Wildman–Crippen MR) is 141 cm³/mol. The maximum atomic E-state index is 4.33. The van der Waals surface area contributed by atoms with Crippen molar-refractivity contribution in [2.75, 3.05) is 10.2 Å². The standard InChI is InChI=1S/C31H26N2/c1-24-11-5-2-8-14-27-23-29(21-22-31(27)33(24)30-15-9-4-10-16-30)32-28-19-17-26(18-20-28)25-12-6-3-7-13-25/h2-13,15-23,32H,1,14H2/b8-2-,11-5-. The molecule has 0 saturated heterocycles. The molecule has 0 spiro atoms. The number of rotatable bonds is 4. The Morgan fingerprint density at radius 1 is 0.667 bits per heavy atom. The quantitative estimate of drug-likeness (QED) is 0.352. The normalized spacial score (nSPS) is 15.0. The summed E-state index contributed by atoms with van der Waals surface area (Å²) in [6.45, 7) is 4.33. The van der Waals surface area contributed by atoms with Crippen LogP contribution in [-0.2, 0) is 6.42 Å². The van der Waals surface area contributed by atoms with Crippen molar-refractivity contribution in [3.63, 3.8) is 0 Å². The van der Waals surface area contributed by atoms with Gasteiger partial charge in [0.25, 0.3) is 0 Å². The fourth-order valence-corrected chi connectivity index (χ4v) is 4.14. The number of benzene rings is 4. The van der Waals surface area contributed by atoms with E-state index in [1.807, 2.05) is 12.1 Å². The van der Waals surface area contributed by atoms with Gasteiger partial charge < -0.3 is 10.2 Å². The van der Waals surface area contributed by atoms with Crippen molar-refractivity contribution in [1.29, 1.82) is 0 Å². The number of nitrogens with zero attached hydrogens (tertiary/aromatic N) is 1. The van der Waals surface area contributed by atoms with E-state index in [4.69, 9.17) is 0 Å². The third-order valence-electron chi connectivity index (χ3n) is 5.78. The highest BCUT2D eigenvalue weighted by atomic mass is 15.1. The van der Waals surface area contributed by atoms with E-state index < -0.39 is 0 Å². The van der Waals surface area contributed by atoms with E-state index in [-0.39, 0.29) is 0 Å². The van der Waals surface area contributed by atoms with Gasteiger partial charge >= 0.3 is 0 Å². The highest BCUT2D eigenvalue weighted by molar-refractivity contribution is 5.76. The van der Waals surface area contributed by atoms with E-state index >= 15 is 0 Å². The third kappa shape index (κ3) is 4.65. The van der Waals surface area contributed by atoms with Crippen LogP contribution in [0.3, 0.4) is 0 Å². The van der Waals surface area contributed by atoms with Gasteiger partial charge in [-0.15, -0.1) is 0 Å². The number of fused-ring (bicyclic) bond motifs is 1. The van der Waals surface area contributed by atoms with E-state index in [1.165, 1.54) is 16.7 Å². The Morgan fingerprint density at radius 2 is 1.33 bits per heavy atom. The van der Waals surface area contributed by atoms with Crippen LogP contribution in [0.15, 0.2) is 140 Å². The van der Waals surface area contributed by atoms with E-state index in [9.17, 15) is 0 Å². The fourth-order valence-electron chi connectivity index (χ4n) is 4.14. The van der Waals surface area contributed by atoms with E-state index in [0.29, 0.717) is 0 Å². The van der Waals surface area contributed by atoms with Crippen molar-refractivity contribution in [1.82, 2.24) is 0 Å². The highest BCUT2D eigenvalue weighted by Crippen LogP contribution is 2.35. The molecule has 4 aromatic rings. The lowest BCUT2D eigenvalue weighted by Gasteiger charge is -2.28. The Bertz CT molecular complexity index is 1300. The molecule has 2 heteroatoms. The summed E-state index contributed by atoms with van der Waals surface area (Å²) in [5.41, 5.74) is 9.00. The second-order valence-electron chi connectivity index (χ2n) is 8.07. The minimum atomic E-state index is 0.846. The van der Waals surface area contributed by atoms with Crippen LogP contribution < -0.4 is 10.2 Å². The second kappa shape index (κ2) is 9.46. The van der Waals surface area contributed by atoms with Crippen molar-refractivity contribution in [3.05, 3.63) is 145 Å². The van der Waals surface area contributed by atoms with Crippen molar-refractivity contribution in [2.45, 2.75) is 6.42 Å². The monoisotopic (exact) mass is 426 g/mol. The summed E-state index contributed by atoms with van der Waals surface area (Å²) in [5.74, 6) is 0. The van der Waals surface area contributed by atoms with Crippen molar-refractivity contribution in [3.8, 4) is 11.1 Å². The fraction of sp³-hybridized carbons (Fsp3) is 0.0323. The third-order valence-corrected chi connectivity index (χ3v) is 5.78. The zero-order valence-corrected chi connectivity index (χ0v) is 18.5. The first kappa shape index (κ1) is 20.6. The zero-order valence-electron chi connectivity index (χ0n) is 18.5. The molecule has 5 rings (SSSR count). The largest absolute Gasteiger partial charge is 0.356 e. The Morgan fingerprint density at radius 3 is 2.09 bits per heavy atom. The molecule has 1 aliphatic rings. The lowest BCUT2D eigenvalue weighted by molar-refractivity contribution is 1.16. The maximum Gasteiger partial charge on any atom is 0.0498 e. The summed E-state index contributed by atoms with van der Waals surface area (Å²) in [5, 5.41) is 3.57. The Kier molecular flexibility index (Phi) is 5.90. The maximum absolute atomic E-state index is 4.33. The average molecular weight is 427 g/mol. The molecule has 1 aliphatic heterocycles. The van der Waals surface area contributed by atoms with Gasteiger partial charge in [0.05, 0.1) is 0 Å². The molecule has 0 amide bonds. The second-order valence-corrected chi connectivity index (χ2v) is 8.07. The first-order chi connectivity index (χ1) is 16.3. The van der Waals surface area contributed by atoms with Crippen LogP contribution in [-0.4, -0.2) is 0 Å². The number of nitrogens with one attached hydrogen (secondary N) is 1. The summed E-state index contributed by atoms with van der Waals surface area (Å²) >= 11 is 0. The van der Waals surface area contributed by atoms with Gasteiger partial charge in [0.2, 0.25) is 0 Å². The molecule has 1 heterocycles. The van der Waals surface area contributed by atoms with Gasteiger partial charge in [-0.3, -0.25) is 0 Å². The Labute approximate surface area is 195 Å². The number of anilines is 4. The minimum absolute atomic E-state index is 0.846. The molecule has 0 saturated carbocycles. The molecule has 0 aromatic heterocycles. The van der Waals surface area contributed by atoms with E-state index in [2.05, 4.69) is 132 Å². The van der Waals surface area contributed by atoms with Crippen LogP contribution in [0.2, 0.25) is 0 Å². The summed E-state index contributed by atoms with van der Waals surface area (Å²) in [7, 11) is 0. The van der Waals surface area contributed by atoms with Crippen LogP contribution >= 0.6 is 0 Å². The van der Waals surface area contributed by atoms with Crippen LogP contribution in [0.5, 0.6) is 0 Å². The summed E-state index contributed by atoms with van der Waals surface area (Å²) < 4.78 is 0. The average Bonchev–Trinajstić information content (AvgIpc) is 2.94. The molecule has 0 radical (unpaired) electrons. The number of allylic oxidation sites excluding steroid dienone is 4. The van der Waals surface area contributed by atoms with Gasteiger partial charge in [-0.1, -0.05) is 85.5 Å². The van der Waals surface area contributed by atoms with Gasteiger partial charge in [-0.2, -0.15) is 0 Å². The van der Waals surface area contributed by atoms with Gasteiger partial charge in [0.1, 0.15) is 0 Å². The molecule has 0 bridgehead atoms. The molecule has 0 unspecified atom stereocenters. The van der Waals surface area contributed by atoms with Crippen molar-refractivity contribution < 1.29 is 0 Å². The Balaban J connectivity index is 1.45. The lowest BCUT2D eigenvalue weighted by atomic mass is 10.0. The van der Waals surface area contributed by atoms with Gasteiger partial charge in [0.15, 0.2) is 0 Å². The molecule has 0 atom stereocenters. The number of hydrogen-bond donors (Lipinski definition) is 1. The molecule has 0 fully saturated rings. The summed E-state index contributed by atoms with van der Waals surface area (Å²) in [6.07, 6.45) is 9.23. The lowest BCUT2D eigenvalue weighted by Crippen LogP contribution is -2.16. The molecule has 160 valence electrons.